The van der Waals surface area contributed by atoms with Crippen molar-refractivity contribution in [2.45, 2.75) is 108 Å². The van der Waals surface area contributed by atoms with E-state index in [1.165, 1.54) is 5.56 Å². The Hall–Kier alpha value is -4.98. The number of unbranched alkanes of at least 4 members (excludes halogenated alkanes) is 6. The number of aliphatic carboxylic acids is 2. The molecule has 0 bridgehead atoms. The molecule has 0 aromatic heterocycles. The zero-order chi connectivity index (χ0) is 44.8. The van der Waals surface area contributed by atoms with Crippen LogP contribution in [0.5, 0.6) is 0 Å². The molecule has 0 radical (unpaired) electrons. The Labute approximate surface area is 358 Å². The van der Waals surface area contributed by atoms with Crippen molar-refractivity contribution in [2.75, 3.05) is 72.5 Å². The van der Waals surface area contributed by atoms with E-state index in [1.807, 2.05) is 18.2 Å². The molecular formula is C42H67N5O14. The van der Waals surface area contributed by atoms with Crippen LogP contribution in [0.1, 0.15) is 95.5 Å². The predicted molar refractivity (Wildman–Crippen MR) is 222 cm³/mol. The average Bonchev–Trinajstić information content (AvgIpc) is 3.23. The first-order valence-corrected chi connectivity index (χ1v) is 21.1. The SMILES string of the molecule is O=CCOCCOCCNC(=O)COCCOCCNC(=O)CC[C@H](NC(=O)CCCCCCCNC(=O)CC[C@H](NC(=O)CCCCCc1ccccc1)C(=O)O)C(=O)O. The van der Waals surface area contributed by atoms with Gasteiger partial charge >= 0.3 is 11.9 Å². The highest BCUT2D eigenvalue weighted by molar-refractivity contribution is 5.85. The molecule has 1 rings (SSSR count). The summed E-state index contributed by atoms with van der Waals surface area (Å²) in [6.07, 6.45) is 7.64. The predicted octanol–water partition coefficient (Wildman–Crippen LogP) is 1.44. The molecule has 1 aromatic rings. The summed E-state index contributed by atoms with van der Waals surface area (Å²) in [5.74, 6) is -4.20. The standard InChI is InChI=1S/C42H67N5O14/c48-24-27-60-29-28-58-26-23-45-40(53)32-61-31-30-59-25-22-44-37(50)20-18-35(42(56)57)46-38(51)15-9-2-1-3-11-21-43-36(49)19-17-34(41(54)55)47-39(52)16-10-5-8-14-33-12-6-4-7-13-33/h4,6-7,12-13,24,34-35H,1-3,5,8-11,14-23,25-32H2,(H,43,49)(H,44,50)(H,45,53)(H,46,51)(H,47,52)(H,54,55)(H,56,57)/t34-,35-/m0/s1. The highest BCUT2D eigenvalue weighted by Gasteiger charge is 2.22. The van der Waals surface area contributed by atoms with Gasteiger partial charge in [-0.1, -0.05) is 56.0 Å². The van der Waals surface area contributed by atoms with Gasteiger partial charge < -0.3 is 60.5 Å². The van der Waals surface area contributed by atoms with Gasteiger partial charge in [0.2, 0.25) is 29.5 Å². The maximum atomic E-state index is 12.4. The molecule has 19 nitrogen and oxygen atoms in total. The van der Waals surface area contributed by atoms with Gasteiger partial charge in [0.1, 0.15) is 31.6 Å². The molecule has 0 saturated carbocycles. The van der Waals surface area contributed by atoms with E-state index < -0.39 is 35.8 Å². The van der Waals surface area contributed by atoms with Gasteiger partial charge in [-0.2, -0.15) is 0 Å². The molecule has 0 aliphatic rings. The number of benzene rings is 1. The number of hydrogen-bond donors (Lipinski definition) is 7. The van der Waals surface area contributed by atoms with Gasteiger partial charge in [-0.05, 0) is 50.5 Å². The number of aryl methyl sites for hydroxylation is 1. The maximum Gasteiger partial charge on any atom is 0.326 e. The second-order valence-corrected chi connectivity index (χ2v) is 14.1. The molecular weight excluding hydrogens is 798 g/mol. The Kier molecular flexibility index (Phi) is 32.6. The minimum Gasteiger partial charge on any atom is -0.480 e. The number of amides is 5. The van der Waals surface area contributed by atoms with Crippen molar-refractivity contribution in [1.29, 1.82) is 0 Å². The van der Waals surface area contributed by atoms with Gasteiger partial charge in [0.25, 0.3) is 0 Å². The summed E-state index contributed by atoms with van der Waals surface area (Å²) in [5.41, 5.74) is 1.24. The molecule has 19 heteroatoms. The lowest BCUT2D eigenvalue weighted by molar-refractivity contribution is -0.142. The van der Waals surface area contributed by atoms with Crippen molar-refractivity contribution < 1.29 is 67.5 Å². The van der Waals surface area contributed by atoms with E-state index in [1.54, 1.807) is 0 Å². The van der Waals surface area contributed by atoms with Gasteiger partial charge in [0.15, 0.2) is 0 Å². The number of ether oxygens (including phenoxy) is 4. The van der Waals surface area contributed by atoms with Crippen molar-refractivity contribution in [2.24, 2.45) is 0 Å². The first-order valence-electron chi connectivity index (χ1n) is 21.1. The number of aldehydes is 1. The van der Waals surface area contributed by atoms with Crippen LogP contribution in [-0.4, -0.2) is 143 Å². The lowest BCUT2D eigenvalue weighted by Crippen LogP contribution is -2.41. The average molecular weight is 866 g/mol. The number of carbonyl (C=O) groups is 8. The second kappa shape index (κ2) is 36.8. The van der Waals surface area contributed by atoms with Crippen LogP contribution >= 0.6 is 0 Å². The van der Waals surface area contributed by atoms with Gasteiger partial charge in [-0.15, -0.1) is 0 Å². The van der Waals surface area contributed by atoms with Crippen LogP contribution in [0.3, 0.4) is 0 Å². The molecule has 0 aliphatic heterocycles. The smallest absolute Gasteiger partial charge is 0.326 e. The number of hydrogen-bond acceptors (Lipinski definition) is 12. The van der Waals surface area contributed by atoms with Crippen LogP contribution in [0.15, 0.2) is 30.3 Å². The monoisotopic (exact) mass is 865 g/mol. The first-order chi connectivity index (χ1) is 29.5. The van der Waals surface area contributed by atoms with E-state index in [2.05, 4.69) is 38.7 Å². The molecule has 5 amide bonds. The highest BCUT2D eigenvalue weighted by Crippen LogP contribution is 2.09. The van der Waals surface area contributed by atoms with Crippen LogP contribution in [0.25, 0.3) is 0 Å². The highest BCUT2D eigenvalue weighted by atomic mass is 16.5. The molecule has 2 atom stereocenters. The minimum atomic E-state index is -1.24. The van der Waals surface area contributed by atoms with Crippen LogP contribution in [0, 0.1) is 0 Å². The molecule has 0 fully saturated rings. The van der Waals surface area contributed by atoms with Crippen molar-refractivity contribution in [3.63, 3.8) is 0 Å². The van der Waals surface area contributed by atoms with Gasteiger partial charge in [0, 0.05) is 45.3 Å². The van der Waals surface area contributed by atoms with Crippen LogP contribution in [0.4, 0.5) is 0 Å². The molecule has 344 valence electrons. The third-order valence-electron chi connectivity index (χ3n) is 9.00. The molecule has 0 saturated heterocycles. The zero-order valence-corrected chi connectivity index (χ0v) is 35.3. The summed E-state index contributed by atoms with van der Waals surface area (Å²) >= 11 is 0. The van der Waals surface area contributed by atoms with E-state index in [-0.39, 0.29) is 109 Å². The molecule has 61 heavy (non-hydrogen) atoms. The fourth-order valence-corrected chi connectivity index (χ4v) is 5.69. The quantitative estimate of drug-likeness (QED) is 0.0364. The maximum absolute atomic E-state index is 12.4. The van der Waals surface area contributed by atoms with Crippen LogP contribution < -0.4 is 26.6 Å². The van der Waals surface area contributed by atoms with Gasteiger partial charge in [0.05, 0.1) is 39.6 Å². The topological polar surface area (TPSA) is 274 Å². The Morgan fingerprint density at radius 3 is 1.54 bits per heavy atom. The Bertz CT molecular complexity index is 1420. The molecule has 1 aromatic carbocycles. The van der Waals surface area contributed by atoms with E-state index >= 15 is 0 Å². The Balaban J connectivity index is 2.04. The van der Waals surface area contributed by atoms with Crippen LogP contribution in [-0.2, 0) is 63.7 Å². The largest absolute Gasteiger partial charge is 0.480 e. The van der Waals surface area contributed by atoms with Crippen molar-refractivity contribution in [3.8, 4) is 0 Å². The molecule has 0 spiro atoms. The lowest BCUT2D eigenvalue weighted by Gasteiger charge is -2.15. The zero-order valence-electron chi connectivity index (χ0n) is 35.3. The summed E-state index contributed by atoms with van der Waals surface area (Å²) in [7, 11) is 0. The Morgan fingerprint density at radius 1 is 0.508 bits per heavy atom. The molecule has 0 heterocycles. The van der Waals surface area contributed by atoms with Crippen molar-refractivity contribution >= 4 is 47.8 Å². The number of rotatable bonds is 40. The summed E-state index contributed by atoms with van der Waals surface area (Å²) in [5, 5.41) is 32.0. The van der Waals surface area contributed by atoms with Crippen LogP contribution in [0.2, 0.25) is 0 Å². The minimum absolute atomic E-state index is 0.0131. The van der Waals surface area contributed by atoms with Crippen molar-refractivity contribution in [1.82, 2.24) is 26.6 Å². The molecule has 7 N–H and O–H groups in total. The number of carbonyl (C=O) groups excluding carboxylic acids is 6. The third kappa shape index (κ3) is 32.5. The third-order valence-corrected chi connectivity index (χ3v) is 9.00. The van der Waals surface area contributed by atoms with Gasteiger partial charge in [-0.25, -0.2) is 9.59 Å². The molecule has 0 unspecified atom stereocenters. The second-order valence-electron chi connectivity index (χ2n) is 14.1. The summed E-state index contributed by atoms with van der Waals surface area (Å²) in [4.78, 5) is 94.2. The van der Waals surface area contributed by atoms with E-state index in [9.17, 15) is 48.6 Å². The summed E-state index contributed by atoms with van der Waals surface area (Å²) in [6.45, 7) is 2.16. The Morgan fingerprint density at radius 2 is 0.984 bits per heavy atom. The number of carboxylic acid groups (broad SMARTS) is 2. The first kappa shape index (κ1) is 54.0. The summed E-state index contributed by atoms with van der Waals surface area (Å²) < 4.78 is 20.7. The normalized spacial score (nSPS) is 11.8. The lowest BCUT2D eigenvalue weighted by atomic mass is 10.1. The number of carboxylic acids is 2. The van der Waals surface area contributed by atoms with E-state index in [4.69, 9.17) is 18.9 Å². The fourth-order valence-electron chi connectivity index (χ4n) is 5.69. The summed E-state index contributed by atoms with van der Waals surface area (Å²) in [6, 6.07) is 7.70. The van der Waals surface area contributed by atoms with E-state index in [0.717, 1.165) is 38.5 Å². The van der Waals surface area contributed by atoms with Gasteiger partial charge in [-0.3, -0.25) is 24.0 Å². The van der Waals surface area contributed by atoms with E-state index in [0.29, 0.717) is 45.2 Å². The number of nitrogens with one attached hydrogen (secondary N) is 5. The van der Waals surface area contributed by atoms with Crippen molar-refractivity contribution in [3.05, 3.63) is 35.9 Å². The fraction of sp³-hybridized carbons (Fsp3) is 0.667. The molecule has 0 aliphatic carbocycles.